The van der Waals surface area contributed by atoms with Crippen molar-refractivity contribution in [3.63, 3.8) is 0 Å². The lowest BCUT2D eigenvalue weighted by Gasteiger charge is -2.17. The number of carbonyl (C=O) groups excluding carboxylic acids is 1. The van der Waals surface area contributed by atoms with Crippen molar-refractivity contribution < 1.29 is 22.4 Å². The Labute approximate surface area is 187 Å². The van der Waals surface area contributed by atoms with E-state index >= 15 is 0 Å². The fourth-order valence-electron chi connectivity index (χ4n) is 3.42. The molecule has 32 heavy (non-hydrogen) atoms. The number of benzene rings is 2. The maximum absolute atomic E-state index is 12.8. The van der Waals surface area contributed by atoms with Gasteiger partial charge < -0.3 is 9.15 Å². The Morgan fingerprint density at radius 2 is 1.78 bits per heavy atom. The number of hydrogen-bond acceptors (Lipinski definition) is 6. The van der Waals surface area contributed by atoms with Gasteiger partial charge in [0.25, 0.3) is 0 Å². The number of fused-ring (bicyclic) bond motifs is 1. The third kappa shape index (κ3) is 5.63. The highest BCUT2D eigenvalue weighted by atomic mass is 32.2. The summed E-state index contributed by atoms with van der Waals surface area (Å²) in [5, 5.41) is 0.774. The minimum Gasteiger partial charge on any atom is -0.425 e. The average molecular weight is 458 g/mol. The molecule has 8 heteroatoms. The number of ether oxygens (including phenoxy) is 1. The molecule has 0 aliphatic rings. The van der Waals surface area contributed by atoms with E-state index in [0.717, 1.165) is 29.4 Å². The summed E-state index contributed by atoms with van der Waals surface area (Å²) in [6, 6.07) is 11.6. The third-order valence-corrected chi connectivity index (χ3v) is 6.52. The van der Waals surface area contributed by atoms with Crippen LogP contribution in [0.2, 0.25) is 0 Å². The molecular formula is C24H27NO6S. The maximum Gasteiger partial charge on any atom is 0.336 e. The first-order valence-corrected chi connectivity index (χ1v) is 12.1. The Balaban J connectivity index is 1.83. The van der Waals surface area contributed by atoms with Gasteiger partial charge in [-0.2, -0.15) is 4.72 Å². The fourth-order valence-corrected chi connectivity index (χ4v) is 4.64. The number of nitrogens with one attached hydrogen (secondary N) is 1. The summed E-state index contributed by atoms with van der Waals surface area (Å²) in [6.07, 6.45) is 2.44. The van der Waals surface area contributed by atoms with E-state index in [1.807, 2.05) is 20.8 Å². The van der Waals surface area contributed by atoms with Gasteiger partial charge in [0.15, 0.2) is 0 Å². The molecule has 0 bridgehead atoms. The molecule has 0 spiro atoms. The van der Waals surface area contributed by atoms with Crippen LogP contribution in [0.3, 0.4) is 0 Å². The summed E-state index contributed by atoms with van der Waals surface area (Å²) in [5.74, 6) is -0.552. The predicted octanol–water partition coefficient (Wildman–Crippen LogP) is 4.11. The molecule has 1 heterocycles. The minimum absolute atomic E-state index is 0.0768. The van der Waals surface area contributed by atoms with Crippen LogP contribution in [-0.4, -0.2) is 20.4 Å². The van der Waals surface area contributed by atoms with E-state index in [9.17, 15) is 18.0 Å². The Kier molecular flexibility index (Phi) is 7.48. The van der Waals surface area contributed by atoms with Crippen molar-refractivity contribution >= 4 is 27.0 Å². The molecule has 0 radical (unpaired) electrons. The number of carbonyl (C=O) groups is 1. The smallest absolute Gasteiger partial charge is 0.336 e. The molecule has 0 saturated carbocycles. The van der Waals surface area contributed by atoms with Crippen molar-refractivity contribution in [2.75, 3.05) is 0 Å². The summed E-state index contributed by atoms with van der Waals surface area (Å²) in [6.45, 7) is 5.72. The molecule has 3 rings (SSSR count). The lowest BCUT2D eigenvalue weighted by atomic mass is 10.1. The molecule has 0 fully saturated rings. The molecule has 3 aromatic rings. The lowest BCUT2D eigenvalue weighted by molar-refractivity contribution is -0.136. The first-order chi connectivity index (χ1) is 15.2. The van der Waals surface area contributed by atoms with Gasteiger partial charge in [-0.3, -0.25) is 0 Å². The summed E-state index contributed by atoms with van der Waals surface area (Å²) < 4.78 is 38.6. The molecule has 170 valence electrons. The molecule has 0 saturated heterocycles. The van der Waals surface area contributed by atoms with Gasteiger partial charge in [0.05, 0.1) is 4.90 Å². The van der Waals surface area contributed by atoms with Gasteiger partial charge >= 0.3 is 11.6 Å². The highest BCUT2D eigenvalue weighted by Gasteiger charge is 2.27. The van der Waals surface area contributed by atoms with Crippen molar-refractivity contribution in [3.05, 3.63) is 70.1 Å². The Morgan fingerprint density at radius 3 is 2.44 bits per heavy atom. The molecular weight excluding hydrogens is 430 g/mol. The summed E-state index contributed by atoms with van der Waals surface area (Å²) in [4.78, 5) is 24.7. The first kappa shape index (κ1) is 23.7. The van der Waals surface area contributed by atoms with Crippen molar-refractivity contribution in [3.8, 4) is 5.75 Å². The third-order valence-electron chi connectivity index (χ3n) is 5.03. The van der Waals surface area contributed by atoms with E-state index in [4.69, 9.17) is 9.15 Å². The van der Waals surface area contributed by atoms with E-state index in [-0.39, 0.29) is 17.1 Å². The second kappa shape index (κ2) is 10.1. The van der Waals surface area contributed by atoms with Crippen molar-refractivity contribution in [2.24, 2.45) is 0 Å². The highest BCUT2D eigenvalue weighted by molar-refractivity contribution is 7.89. The van der Waals surface area contributed by atoms with Gasteiger partial charge in [-0.1, -0.05) is 44.4 Å². The number of esters is 1. The van der Waals surface area contributed by atoms with E-state index in [0.29, 0.717) is 12.0 Å². The molecule has 0 aliphatic carbocycles. The second-order valence-corrected chi connectivity index (χ2v) is 9.41. The van der Waals surface area contributed by atoms with Crippen LogP contribution in [0.5, 0.6) is 5.75 Å². The van der Waals surface area contributed by atoms with Gasteiger partial charge in [0, 0.05) is 17.5 Å². The quantitative estimate of drug-likeness (QED) is 0.295. The molecule has 7 nitrogen and oxygen atoms in total. The second-order valence-electron chi connectivity index (χ2n) is 7.70. The Hall–Kier alpha value is -2.97. The first-order valence-electron chi connectivity index (χ1n) is 10.6. The number of aryl methyl sites for hydroxylation is 2. The summed E-state index contributed by atoms with van der Waals surface area (Å²) in [5.41, 5.74) is 1.64. The highest BCUT2D eigenvalue weighted by Crippen LogP contribution is 2.24. The van der Waals surface area contributed by atoms with Gasteiger partial charge in [0.1, 0.15) is 17.4 Å². The lowest BCUT2D eigenvalue weighted by Crippen LogP contribution is -2.42. The van der Waals surface area contributed by atoms with Gasteiger partial charge in [-0.15, -0.1) is 0 Å². The molecule has 0 amide bonds. The van der Waals surface area contributed by atoms with Gasteiger partial charge in [-0.25, -0.2) is 18.0 Å². The Morgan fingerprint density at radius 1 is 1.06 bits per heavy atom. The zero-order chi connectivity index (χ0) is 23.3. The van der Waals surface area contributed by atoms with Crippen LogP contribution < -0.4 is 15.1 Å². The Bertz CT molecular complexity index is 1260. The van der Waals surface area contributed by atoms with Crippen LogP contribution in [0, 0.1) is 6.92 Å². The van der Waals surface area contributed by atoms with Crippen molar-refractivity contribution in [2.45, 2.75) is 57.4 Å². The normalized spacial score (nSPS) is 12.6. The number of sulfonamides is 1. The monoisotopic (exact) mass is 457 g/mol. The van der Waals surface area contributed by atoms with Gasteiger partial charge in [0.2, 0.25) is 10.0 Å². The van der Waals surface area contributed by atoms with Crippen LogP contribution in [-0.2, 0) is 21.2 Å². The zero-order valence-corrected chi connectivity index (χ0v) is 19.2. The number of rotatable bonds is 9. The molecule has 1 aromatic heterocycles. The fraction of sp³-hybridized carbons (Fsp3) is 0.333. The van der Waals surface area contributed by atoms with Crippen LogP contribution in [0.4, 0.5) is 0 Å². The molecule has 0 aliphatic heterocycles. The zero-order valence-electron chi connectivity index (χ0n) is 18.4. The maximum atomic E-state index is 12.8. The van der Waals surface area contributed by atoms with E-state index < -0.39 is 27.7 Å². The topological polar surface area (TPSA) is 103 Å². The molecule has 2 aromatic carbocycles. The van der Waals surface area contributed by atoms with Crippen molar-refractivity contribution in [1.82, 2.24) is 4.72 Å². The van der Waals surface area contributed by atoms with E-state index in [2.05, 4.69) is 4.72 Å². The number of hydrogen-bond donors (Lipinski definition) is 1. The van der Waals surface area contributed by atoms with E-state index in [1.165, 1.54) is 24.3 Å². The standard InChI is InChI=1S/C24H27NO6S/c1-4-6-17-14-23(26)31-22-15-18(10-13-20(17)22)30-24(27)21(7-5-2)25-32(28,29)19-11-8-16(3)9-12-19/h8-15,21,25H,4-7H2,1-3H3. The summed E-state index contributed by atoms with van der Waals surface area (Å²) >= 11 is 0. The minimum atomic E-state index is -3.90. The largest absolute Gasteiger partial charge is 0.425 e. The van der Waals surface area contributed by atoms with Crippen LogP contribution in [0.15, 0.2) is 62.6 Å². The average Bonchev–Trinajstić information content (AvgIpc) is 2.73. The van der Waals surface area contributed by atoms with Crippen LogP contribution in [0.1, 0.15) is 44.2 Å². The SMILES string of the molecule is CCCc1cc(=O)oc2cc(OC(=O)C(CCC)NS(=O)(=O)c3ccc(C)cc3)ccc12. The summed E-state index contributed by atoms with van der Waals surface area (Å²) in [7, 11) is -3.90. The molecule has 1 atom stereocenters. The van der Waals surface area contributed by atoms with Crippen molar-refractivity contribution in [1.29, 1.82) is 0 Å². The van der Waals surface area contributed by atoms with Gasteiger partial charge in [-0.05, 0) is 49.6 Å². The van der Waals surface area contributed by atoms with Crippen LogP contribution >= 0.6 is 0 Å². The predicted molar refractivity (Wildman–Crippen MR) is 122 cm³/mol. The molecule has 1 N–H and O–H groups in total. The molecule has 1 unspecified atom stereocenters. The van der Waals surface area contributed by atoms with E-state index in [1.54, 1.807) is 24.3 Å². The van der Waals surface area contributed by atoms with Crippen LogP contribution in [0.25, 0.3) is 11.0 Å².